The highest BCUT2D eigenvalue weighted by Crippen LogP contribution is 2.08. The van der Waals surface area contributed by atoms with Crippen LogP contribution in [0.1, 0.15) is 12.0 Å². The lowest BCUT2D eigenvalue weighted by molar-refractivity contribution is -0.143. The Bertz CT molecular complexity index is 600. The van der Waals surface area contributed by atoms with Gasteiger partial charge in [-0.25, -0.2) is 9.69 Å². The number of amides is 5. The van der Waals surface area contributed by atoms with Crippen LogP contribution in [0, 0.1) is 0 Å². The highest BCUT2D eigenvalue weighted by molar-refractivity contribution is 6.44. The average Bonchev–Trinajstić information content (AvgIpc) is 2.70. The minimum absolute atomic E-state index is 0.431. The van der Waals surface area contributed by atoms with Crippen molar-refractivity contribution in [1.82, 2.24) is 15.1 Å². The molecule has 0 aliphatic carbocycles. The Morgan fingerprint density at radius 3 is 2.36 bits per heavy atom. The Hall–Kier alpha value is -2.70. The average molecular weight is 303 g/mol. The van der Waals surface area contributed by atoms with Crippen molar-refractivity contribution in [3.8, 4) is 0 Å². The van der Waals surface area contributed by atoms with E-state index in [-0.39, 0.29) is 0 Å². The van der Waals surface area contributed by atoms with Crippen LogP contribution in [-0.2, 0) is 20.8 Å². The molecule has 0 aromatic heterocycles. The summed E-state index contributed by atoms with van der Waals surface area (Å²) in [5, 5.41) is 2.64. The second kappa shape index (κ2) is 6.84. The number of urea groups is 1. The van der Waals surface area contributed by atoms with E-state index in [0.29, 0.717) is 16.3 Å². The third kappa shape index (κ3) is 3.49. The minimum Gasteiger partial charge on any atom is -0.355 e. The van der Waals surface area contributed by atoms with Gasteiger partial charge in [-0.1, -0.05) is 30.3 Å². The van der Waals surface area contributed by atoms with Crippen LogP contribution in [0.15, 0.2) is 30.3 Å². The van der Waals surface area contributed by atoms with E-state index in [1.807, 2.05) is 30.3 Å². The molecular formula is C15H17N3O4. The summed E-state index contributed by atoms with van der Waals surface area (Å²) in [6.07, 6.45) is 1.57. The SMILES string of the molecule is CN1C(=O)C(=O)N(CC(=O)NCCCc2ccccc2)C1=O. The number of hydrogen-bond acceptors (Lipinski definition) is 4. The van der Waals surface area contributed by atoms with Gasteiger partial charge in [0.05, 0.1) is 0 Å². The molecule has 7 nitrogen and oxygen atoms in total. The molecule has 1 saturated heterocycles. The lowest BCUT2D eigenvalue weighted by atomic mass is 10.1. The molecule has 0 saturated carbocycles. The van der Waals surface area contributed by atoms with Gasteiger partial charge in [0.15, 0.2) is 0 Å². The van der Waals surface area contributed by atoms with E-state index in [1.54, 1.807) is 0 Å². The first-order valence-corrected chi connectivity index (χ1v) is 6.95. The predicted molar refractivity (Wildman–Crippen MR) is 77.7 cm³/mol. The number of carbonyl (C=O) groups is 4. The fourth-order valence-electron chi connectivity index (χ4n) is 2.12. The largest absolute Gasteiger partial charge is 0.355 e. The zero-order valence-corrected chi connectivity index (χ0v) is 12.2. The normalized spacial score (nSPS) is 14.7. The number of likely N-dealkylation sites (N-methyl/N-ethyl adjacent to an activating group) is 1. The van der Waals surface area contributed by atoms with Gasteiger partial charge >= 0.3 is 17.8 Å². The molecule has 1 aliphatic rings. The van der Waals surface area contributed by atoms with Gasteiger partial charge in [-0.15, -0.1) is 0 Å². The Morgan fingerprint density at radius 2 is 1.77 bits per heavy atom. The zero-order chi connectivity index (χ0) is 16.1. The Kier molecular flexibility index (Phi) is 4.88. The quantitative estimate of drug-likeness (QED) is 0.460. The van der Waals surface area contributed by atoms with Crippen molar-refractivity contribution in [2.45, 2.75) is 12.8 Å². The molecule has 1 aliphatic heterocycles. The third-order valence-electron chi connectivity index (χ3n) is 3.36. The summed E-state index contributed by atoms with van der Waals surface area (Å²) < 4.78 is 0. The van der Waals surface area contributed by atoms with E-state index in [0.717, 1.165) is 12.8 Å². The number of nitrogens with zero attached hydrogens (tertiary/aromatic N) is 2. The van der Waals surface area contributed by atoms with Crippen molar-refractivity contribution in [3.63, 3.8) is 0 Å². The molecule has 1 fully saturated rings. The fourth-order valence-corrected chi connectivity index (χ4v) is 2.12. The third-order valence-corrected chi connectivity index (χ3v) is 3.36. The summed E-state index contributed by atoms with van der Waals surface area (Å²) in [5.74, 6) is -2.34. The molecule has 1 aromatic rings. The van der Waals surface area contributed by atoms with Gasteiger partial charge in [-0.05, 0) is 18.4 Å². The molecule has 5 amide bonds. The maximum Gasteiger partial charge on any atom is 0.334 e. The lowest BCUT2D eigenvalue weighted by Gasteiger charge is -2.12. The number of aryl methyl sites for hydroxylation is 1. The Morgan fingerprint density at radius 1 is 1.09 bits per heavy atom. The number of rotatable bonds is 6. The minimum atomic E-state index is -0.966. The van der Waals surface area contributed by atoms with Gasteiger partial charge in [-0.2, -0.15) is 0 Å². The summed E-state index contributed by atoms with van der Waals surface area (Å²) in [6, 6.07) is 9.08. The van der Waals surface area contributed by atoms with Gasteiger partial charge in [0.25, 0.3) is 0 Å². The van der Waals surface area contributed by atoms with Crippen molar-refractivity contribution in [1.29, 1.82) is 0 Å². The highest BCUT2D eigenvalue weighted by Gasteiger charge is 2.42. The molecule has 0 radical (unpaired) electrons. The van der Waals surface area contributed by atoms with Gasteiger partial charge < -0.3 is 5.32 Å². The van der Waals surface area contributed by atoms with Gasteiger partial charge in [0, 0.05) is 13.6 Å². The van der Waals surface area contributed by atoms with Crippen LogP contribution in [0.5, 0.6) is 0 Å². The first kappa shape index (κ1) is 15.7. The Labute approximate surface area is 127 Å². The maximum absolute atomic E-state index is 11.7. The van der Waals surface area contributed by atoms with Gasteiger partial charge in [0.2, 0.25) is 5.91 Å². The summed E-state index contributed by atoms with van der Waals surface area (Å²) in [4.78, 5) is 47.5. The van der Waals surface area contributed by atoms with Crippen molar-refractivity contribution in [2.24, 2.45) is 0 Å². The van der Waals surface area contributed by atoms with Gasteiger partial charge in [-0.3, -0.25) is 19.3 Å². The van der Waals surface area contributed by atoms with E-state index in [2.05, 4.69) is 5.32 Å². The van der Waals surface area contributed by atoms with Crippen molar-refractivity contribution in [3.05, 3.63) is 35.9 Å². The molecule has 0 unspecified atom stereocenters. The molecule has 1 N–H and O–H groups in total. The first-order valence-electron chi connectivity index (χ1n) is 6.95. The number of benzene rings is 1. The molecule has 2 rings (SSSR count). The summed E-state index contributed by atoms with van der Waals surface area (Å²) in [5.41, 5.74) is 1.17. The number of carbonyl (C=O) groups excluding carboxylic acids is 4. The van der Waals surface area contributed by atoms with E-state index in [4.69, 9.17) is 0 Å². The van der Waals surface area contributed by atoms with Crippen LogP contribution < -0.4 is 5.32 Å². The molecule has 7 heteroatoms. The number of imide groups is 2. The smallest absolute Gasteiger partial charge is 0.334 e. The van der Waals surface area contributed by atoms with Crippen LogP contribution in [0.25, 0.3) is 0 Å². The number of hydrogen-bond donors (Lipinski definition) is 1. The highest BCUT2D eigenvalue weighted by atomic mass is 16.2. The molecule has 116 valence electrons. The van der Waals surface area contributed by atoms with Crippen molar-refractivity contribution in [2.75, 3.05) is 20.1 Å². The fraction of sp³-hybridized carbons (Fsp3) is 0.333. The zero-order valence-electron chi connectivity index (χ0n) is 12.2. The molecule has 0 atom stereocenters. The van der Waals surface area contributed by atoms with Crippen LogP contribution in [0.3, 0.4) is 0 Å². The van der Waals surface area contributed by atoms with Crippen LogP contribution in [0.2, 0.25) is 0 Å². The van der Waals surface area contributed by atoms with Gasteiger partial charge in [0.1, 0.15) is 6.54 Å². The number of nitrogens with one attached hydrogen (secondary N) is 1. The van der Waals surface area contributed by atoms with Crippen molar-refractivity contribution < 1.29 is 19.2 Å². The summed E-state index contributed by atoms with van der Waals surface area (Å²) in [7, 11) is 1.21. The predicted octanol–water partition coefficient (Wildman–Crippen LogP) is 0.156. The molecule has 22 heavy (non-hydrogen) atoms. The molecule has 1 heterocycles. The molecular weight excluding hydrogens is 286 g/mol. The van der Waals surface area contributed by atoms with Crippen LogP contribution in [0.4, 0.5) is 4.79 Å². The lowest BCUT2D eigenvalue weighted by Crippen LogP contribution is -2.41. The maximum atomic E-state index is 11.7. The van der Waals surface area contributed by atoms with Crippen LogP contribution in [-0.4, -0.2) is 53.7 Å². The second-order valence-electron chi connectivity index (χ2n) is 4.98. The standard InChI is InChI=1S/C15H17N3O4/c1-17-13(20)14(21)18(15(17)22)10-12(19)16-9-5-8-11-6-3-2-4-7-11/h2-4,6-7H,5,8-10H2,1H3,(H,16,19). The monoisotopic (exact) mass is 303 g/mol. The van der Waals surface area contributed by atoms with Crippen molar-refractivity contribution >= 4 is 23.8 Å². The molecule has 0 bridgehead atoms. The summed E-state index contributed by atoms with van der Waals surface area (Å²) >= 11 is 0. The van der Waals surface area contributed by atoms with E-state index in [1.165, 1.54) is 12.6 Å². The molecule has 1 aromatic carbocycles. The summed E-state index contributed by atoms with van der Waals surface area (Å²) in [6.45, 7) is 0.00676. The van der Waals surface area contributed by atoms with E-state index in [9.17, 15) is 19.2 Å². The van der Waals surface area contributed by atoms with Crippen LogP contribution >= 0.6 is 0 Å². The molecule has 0 spiro atoms. The first-order chi connectivity index (χ1) is 10.5. The van der Waals surface area contributed by atoms with E-state index < -0.39 is 30.3 Å². The topological polar surface area (TPSA) is 86.8 Å². The second-order valence-corrected chi connectivity index (χ2v) is 4.98. The van der Waals surface area contributed by atoms with E-state index >= 15 is 0 Å². The Balaban J connectivity index is 1.73.